The molecule has 2 atom stereocenters. The Balaban J connectivity index is 1.11. The summed E-state index contributed by atoms with van der Waals surface area (Å²) in [4.78, 5) is 26.7. The average Bonchev–Trinajstić information content (AvgIpc) is 3.03. The second kappa shape index (κ2) is 14.0. The van der Waals surface area contributed by atoms with Gasteiger partial charge < -0.3 is 14.5 Å². The predicted molar refractivity (Wildman–Crippen MR) is 164 cm³/mol. The number of ether oxygens (including phenoxy) is 1. The van der Waals surface area contributed by atoms with E-state index >= 15 is 0 Å². The quantitative estimate of drug-likeness (QED) is 0.396. The summed E-state index contributed by atoms with van der Waals surface area (Å²) in [6.45, 7) is 4.89. The maximum Gasteiger partial charge on any atom is 0.416 e. The first kappa shape index (κ1) is 33.7. The number of amides is 1. The van der Waals surface area contributed by atoms with E-state index in [-0.39, 0.29) is 24.2 Å². The monoisotopic (exact) mass is 651 g/mol. The molecule has 0 N–H and O–H groups in total. The zero-order chi connectivity index (χ0) is 32.4. The lowest BCUT2D eigenvalue weighted by Crippen LogP contribution is -2.52. The molecule has 248 valence electrons. The molecule has 13 heteroatoms. The van der Waals surface area contributed by atoms with Gasteiger partial charge in [0.15, 0.2) is 0 Å². The van der Waals surface area contributed by atoms with Gasteiger partial charge in [-0.2, -0.15) is 13.2 Å². The van der Waals surface area contributed by atoms with Crippen molar-refractivity contribution in [2.45, 2.75) is 95.2 Å². The number of alkyl halides is 3. The van der Waals surface area contributed by atoms with Gasteiger partial charge >= 0.3 is 6.18 Å². The smallest absolute Gasteiger partial charge is 0.370 e. The molecule has 0 unspecified atom stereocenters. The van der Waals surface area contributed by atoms with Crippen LogP contribution in [-0.4, -0.2) is 96.1 Å². The highest BCUT2D eigenvalue weighted by atomic mass is 32.2. The Morgan fingerprint density at radius 3 is 2.29 bits per heavy atom. The van der Waals surface area contributed by atoms with E-state index in [1.807, 2.05) is 11.8 Å². The normalized spacial score (nSPS) is 23.0. The first-order valence-electron chi connectivity index (χ1n) is 15.9. The second-order valence-electron chi connectivity index (χ2n) is 12.7. The molecule has 0 radical (unpaired) electrons. The molecule has 9 nitrogen and oxygen atoms in total. The van der Waals surface area contributed by atoms with Gasteiger partial charge in [0.25, 0.3) is 5.91 Å². The summed E-state index contributed by atoms with van der Waals surface area (Å²) in [5.41, 5.74) is 2.11. The van der Waals surface area contributed by atoms with E-state index in [4.69, 9.17) is 4.74 Å². The van der Waals surface area contributed by atoms with Crippen molar-refractivity contribution >= 4 is 15.9 Å². The summed E-state index contributed by atoms with van der Waals surface area (Å²) in [5, 5.41) is 0. The van der Waals surface area contributed by atoms with Gasteiger partial charge in [-0.25, -0.2) is 22.7 Å². The Labute approximate surface area is 264 Å². The lowest BCUT2D eigenvalue weighted by Gasteiger charge is -2.43. The van der Waals surface area contributed by atoms with Crippen molar-refractivity contribution in [2.75, 3.05) is 39.5 Å². The third kappa shape index (κ3) is 8.22. The van der Waals surface area contributed by atoms with E-state index < -0.39 is 21.8 Å². The summed E-state index contributed by atoms with van der Waals surface area (Å²) >= 11 is 0. The number of rotatable bonds is 8. The molecule has 1 aromatic heterocycles. The maximum atomic E-state index is 13.5. The first-order valence-corrected chi connectivity index (χ1v) is 17.8. The molecular weight excluding hydrogens is 607 g/mol. The molecule has 5 rings (SSSR count). The predicted octanol–water partition coefficient (Wildman–Crippen LogP) is 5.01. The van der Waals surface area contributed by atoms with Crippen molar-refractivity contribution in [3.05, 3.63) is 58.7 Å². The summed E-state index contributed by atoms with van der Waals surface area (Å²) in [6.07, 6.45) is 5.30. The van der Waals surface area contributed by atoms with Crippen LogP contribution in [0.15, 0.2) is 30.6 Å². The fraction of sp³-hybridized carbons (Fsp3) is 0.656. The number of carbonyl (C=O) groups is 1. The average molecular weight is 652 g/mol. The Morgan fingerprint density at radius 2 is 1.67 bits per heavy atom. The molecule has 1 amide bonds. The largest absolute Gasteiger partial charge is 0.416 e. The fourth-order valence-corrected chi connectivity index (χ4v) is 7.72. The maximum absolute atomic E-state index is 13.5. The van der Waals surface area contributed by atoms with Crippen molar-refractivity contribution in [3.8, 4) is 0 Å². The van der Waals surface area contributed by atoms with Gasteiger partial charge in [0, 0.05) is 43.5 Å². The van der Waals surface area contributed by atoms with Gasteiger partial charge in [0.2, 0.25) is 10.0 Å². The van der Waals surface area contributed by atoms with Crippen LogP contribution in [0.1, 0.15) is 90.3 Å². The van der Waals surface area contributed by atoms with Crippen molar-refractivity contribution in [1.29, 1.82) is 0 Å². The number of sulfonamides is 1. The minimum atomic E-state index is -4.36. The lowest BCUT2D eigenvalue weighted by molar-refractivity contribution is -0.137. The first-order chi connectivity index (χ1) is 21.3. The summed E-state index contributed by atoms with van der Waals surface area (Å²) in [5.74, 6) is -0.0839. The number of likely N-dealkylation sites (tertiary alicyclic amines) is 2. The van der Waals surface area contributed by atoms with Crippen molar-refractivity contribution < 1.29 is 31.1 Å². The lowest BCUT2D eigenvalue weighted by atomic mass is 9.95. The zero-order valence-electron chi connectivity index (χ0n) is 26.3. The van der Waals surface area contributed by atoms with Crippen LogP contribution in [0.5, 0.6) is 0 Å². The Hall–Kier alpha value is -2.61. The van der Waals surface area contributed by atoms with Crippen molar-refractivity contribution in [1.82, 2.24) is 24.1 Å². The number of aryl methyl sites for hydroxylation is 1. The molecule has 4 heterocycles. The Kier molecular flexibility index (Phi) is 10.5. The second-order valence-corrected chi connectivity index (χ2v) is 14.7. The van der Waals surface area contributed by atoms with Crippen LogP contribution < -0.4 is 0 Å². The molecule has 0 saturated carbocycles. The zero-order valence-corrected chi connectivity index (χ0v) is 27.1. The SMILES string of the molecule is Cc1c(CC[C@@H]2CCC[C@H](c3ccc(C(F)(F)F)cc3)O2)ncnc1C(=O)N1CCC(N2CCC(N(C)S(C)(=O)=O)CC2)CC1. The van der Waals surface area contributed by atoms with Gasteiger partial charge in [-0.1, -0.05) is 12.1 Å². The third-order valence-corrected chi connectivity index (χ3v) is 11.2. The highest BCUT2D eigenvalue weighted by Crippen LogP contribution is 2.35. The molecule has 3 aliphatic heterocycles. The summed E-state index contributed by atoms with van der Waals surface area (Å²) in [6, 6.07) is 5.65. The van der Waals surface area contributed by atoms with E-state index in [1.165, 1.54) is 29.0 Å². The van der Waals surface area contributed by atoms with Crippen LogP contribution in [0.3, 0.4) is 0 Å². The number of aromatic nitrogens is 2. The number of hydrogen-bond acceptors (Lipinski definition) is 7. The van der Waals surface area contributed by atoms with Crippen LogP contribution in [0.2, 0.25) is 0 Å². The number of hydrogen-bond donors (Lipinski definition) is 0. The van der Waals surface area contributed by atoms with Crippen LogP contribution in [0.25, 0.3) is 0 Å². The molecule has 3 fully saturated rings. The van der Waals surface area contributed by atoms with Gasteiger partial charge in [-0.05, 0) is 95.5 Å². The molecule has 3 saturated heterocycles. The molecule has 0 bridgehead atoms. The van der Waals surface area contributed by atoms with Crippen molar-refractivity contribution in [2.24, 2.45) is 0 Å². The van der Waals surface area contributed by atoms with Crippen LogP contribution in [-0.2, 0) is 27.4 Å². The molecule has 0 aliphatic carbocycles. The van der Waals surface area contributed by atoms with E-state index in [1.54, 1.807) is 7.05 Å². The summed E-state index contributed by atoms with van der Waals surface area (Å²) in [7, 11) is -1.54. The van der Waals surface area contributed by atoms with E-state index in [0.29, 0.717) is 37.7 Å². The minimum Gasteiger partial charge on any atom is -0.370 e. The molecule has 1 aromatic carbocycles. The standard InChI is InChI=1S/C32H44F3N5O4S/c1-22-28(12-11-27-5-4-6-29(44-27)23-7-9-24(10-8-23)32(33,34)35)36-21-37-30(22)31(41)40-19-15-26(16-20-40)39-17-13-25(14-18-39)38(2)45(3,42)43/h7-10,21,25-27,29H,4-6,11-20H2,1-3H3/t27-,29+/m0/s1. The van der Waals surface area contributed by atoms with Gasteiger partial charge in [-0.3, -0.25) is 4.79 Å². The van der Waals surface area contributed by atoms with Gasteiger partial charge in [-0.15, -0.1) is 0 Å². The molecule has 0 spiro atoms. The Bertz CT molecular complexity index is 1420. The van der Waals surface area contributed by atoms with Crippen LogP contribution in [0, 0.1) is 6.92 Å². The van der Waals surface area contributed by atoms with E-state index in [0.717, 1.165) is 87.0 Å². The van der Waals surface area contributed by atoms with Crippen molar-refractivity contribution in [3.63, 3.8) is 0 Å². The van der Waals surface area contributed by atoms with Crippen LogP contribution in [0.4, 0.5) is 13.2 Å². The van der Waals surface area contributed by atoms with E-state index in [9.17, 15) is 26.4 Å². The minimum absolute atomic E-state index is 0.0398. The van der Waals surface area contributed by atoms with Gasteiger partial charge in [0.1, 0.15) is 12.0 Å². The third-order valence-electron chi connectivity index (χ3n) is 9.86. The Morgan fingerprint density at radius 1 is 1.00 bits per heavy atom. The highest BCUT2D eigenvalue weighted by molar-refractivity contribution is 7.88. The van der Waals surface area contributed by atoms with E-state index in [2.05, 4.69) is 14.9 Å². The number of halogens is 3. The number of carbonyl (C=O) groups excluding carboxylic acids is 1. The van der Waals surface area contributed by atoms with Gasteiger partial charge in [0.05, 0.1) is 24.0 Å². The topological polar surface area (TPSA) is 95.9 Å². The number of nitrogens with zero attached hydrogens (tertiary/aromatic N) is 5. The molecule has 3 aliphatic rings. The molecule has 45 heavy (non-hydrogen) atoms. The van der Waals surface area contributed by atoms with Crippen LogP contribution >= 0.6 is 0 Å². The molecular formula is C32H44F3N5O4S. The molecule has 2 aromatic rings. The highest BCUT2D eigenvalue weighted by Gasteiger charge is 2.34. The fourth-order valence-electron chi connectivity index (χ4n) is 6.96. The number of piperidine rings is 2. The summed E-state index contributed by atoms with van der Waals surface area (Å²) < 4.78 is 70.5. The number of benzene rings is 1.